The highest BCUT2D eigenvalue weighted by Gasteiger charge is 2.01. The van der Waals surface area contributed by atoms with Gasteiger partial charge in [0.05, 0.1) is 5.69 Å². The number of rotatable bonds is 3. The molecule has 0 amide bonds. The van der Waals surface area contributed by atoms with E-state index in [9.17, 15) is 0 Å². The summed E-state index contributed by atoms with van der Waals surface area (Å²) in [5.41, 5.74) is 7.45. The van der Waals surface area contributed by atoms with E-state index in [1.54, 1.807) is 6.20 Å². The van der Waals surface area contributed by atoms with Gasteiger partial charge in [-0.3, -0.25) is 4.98 Å². The molecule has 0 saturated carbocycles. The number of hydrogen-bond donors (Lipinski definition) is 1. The first-order chi connectivity index (χ1) is 7.79. The van der Waals surface area contributed by atoms with Crippen molar-refractivity contribution >= 4 is 0 Å². The molecule has 0 aliphatic rings. The molecule has 16 heavy (non-hydrogen) atoms. The van der Waals surface area contributed by atoms with E-state index < -0.39 is 0 Å². The van der Waals surface area contributed by atoms with Gasteiger partial charge in [-0.05, 0) is 24.6 Å². The first-order valence-electron chi connectivity index (χ1n) is 5.18. The number of nitrogens with two attached hydrogens (primary N) is 1. The molecular weight excluding hydrogens is 200 g/mol. The molecule has 0 spiro atoms. The maximum absolute atomic E-state index is 5.76. The minimum Gasteiger partial charge on any atom is -0.457 e. The maximum atomic E-state index is 5.76. The van der Waals surface area contributed by atoms with E-state index >= 15 is 0 Å². The van der Waals surface area contributed by atoms with E-state index in [0.29, 0.717) is 6.54 Å². The van der Waals surface area contributed by atoms with E-state index in [-0.39, 0.29) is 0 Å². The molecule has 0 bridgehead atoms. The molecule has 82 valence electrons. The van der Waals surface area contributed by atoms with Crippen molar-refractivity contribution < 1.29 is 4.74 Å². The average Bonchev–Trinajstić information content (AvgIpc) is 2.32. The zero-order valence-corrected chi connectivity index (χ0v) is 9.18. The summed E-state index contributed by atoms with van der Waals surface area (Å²) in [6.45, 7) is 2.44. The van der Waals surface area contributed by atoms with Crippen LogP contribution in [-0.2, 0) is 6.54 Å². The minimum absolute atomic E-state index is 0.422. The summed E-state index contributed by atoms with van der Waals surface area (Å²) >= 11 is 0. The summed E-state index contributed by atoms with van der Waals surface area (Å²) in [4.78, 5) is 4.12. The van der Waals surface area contributed by atoms with Crippen LogP contribution in [0.15, 0.2) is 42.6 Å². The van der Waals surface area contributed by atoms with Crippen LogP contribution in [0.2, 0.25) is 0 Å². The van der Waals surface area contributed by atoms with Crippen LogP contribution < -0.4 is 10.5 Å². The molecule has 1 aromatic heterocycles. The van der Waals surface area contributed by atoms with E-state index in [4.69, 9.17) is 10.5 Å². The number of hydrogen-bond acceptors (Lipinski definition) is 3. The van der Waals surface area contributed by atoms with Gasteiger partial charge in [-0.2, -0.15) is 0 Å². The van der Waals surface area contributed by atoms with E-state index in [2.05, 4.69) is 4.98 Å². The highest BCUT2D eigenvalue weighted by molar-refractivity contribution is 5.36. The summed E-state index contributed by atoms with van der Waals surface area (Å²) in [6, 6.07) is 11.6. The van der Waals surface area contributed by atoms with Gasteiger partial charge < -0.3 is 10.5 Å². The van der Waals surface area contributed by atoms with Crippen molar-refractivity contribution in [3.8, 4) is 11.5 Å². The van der Waals surface area contributed by atoms with Crippen molar-refractivity contribution in [3.05, 3.63) is 53.9 Å². The fraction of sp³-hybridized carbons (Fsp3) is 0.154. The SMILES string of the molecule is Cc1ccccc1Oc1ccnc(CN)c1. The third kappa shape index (κ3) is 2.38. The van der Waals surface area contributed by atoms with Gasteiger partial charge in [0.1, 0.15) is 11.5 Å². The van der Waals surface area contributed by atoms with Crippen LogP contribution in [0.3, 0.4) is 0 Å². The molecule has 0 unspecified atom stereocenters. The Morgan fingerprint density at radius 1 is 1.25 bits per heavy atom. The molecular formula is C13H14N2O. The molecule has 3 heteroatoms. The number of ether oxygens (including phenoxy) is 1. The first-order valence-corrected chi connectivity index (χ1v) is 5.18. The molecule has 2 aromatic rings. The van der Waals surface area contributed by atoms with Gasteiger partial charge in [0.15, 0.2) is 0 Å². The van der Waals surface area contributed by atoms with Crippen molar-refractivity contribution in [1.29, 1.82) is 0 Å². The lowest BCUT2D eigenvalue weighted by Gasteiger charge is -2.08. The number of aryl methyl sites for hydroxylation is 1. The summed E-state index contributed by atoms with van der Waals surface area (Å²) in [5.74, 6) is 1.63. The molecule has 2 rings (SSSR count). The Morgan fingerprint density at radius 2 is 2.06 bits per heavy atom. The lowest BCUT2D eigenvalue weighted by atomic mass is 10.2. The van der Waals surface area contributed by atoms with Gasteiger partial charge >= 0.3 is 0 Å². The predicted molar refractivity (Wildman–Crippen MR) is 63.4 cm³/mol. The lowest BCUT2D eigenvalue weighted by Crippen LogP contribution is -1.99. The van der Waals surface area contributed by atoms with Gasteiger partial charge in [-0.15, -0.1) is 0 Å². The van der Waals surface area contributed by atoms with Crippen molar-refractivity contribution in [2.24, 2.45) is 5.73 Å². The van der Waals surface area contributed by atoms with E-state index in [1.165, 1.54) is 0 Å². The number of pyridine rings is 1. The van der Waals surface area contributed by atoms with Crippen LogP contribution in [0.4, 0.5) is 0 Å². The molecule has 0 radical (unpaired) electrons. The van der Waals surface area contributed by atoms with Crippen molar-refractivity contribution in [2.75, 3.05) is 0 Å². The normalized spacial score (nSPS) is 10.1. The van der Waals surface area contributed by atoms with Crippen LogP contribution in [0, 0.1) is 6.92 Å². The zero-order valence-electron chi connectivity index (χ0n) is 9.18. The second-order valence-corrected chi connectivity index (χ2v) is 3.55. The summed E-state index contributed by atoms with van der Waals surface area (Å²) < 4.78 is 5.76. The van der Waals surface area contributed by atoms with Gasteiger partial charge in [-0.25, -0.2) is 0 Å². The molecule has 0 aliphatic heterocycles. The molecule has 1 heterocycles. The smallest absolute Gasteiger partial charge is 0.130 e. The largest absolute Gasteiger partial charge is 0.457 e. The highest BCUT2D eigenvalue weighted by Crippen LogP contribution is 2.24. The first kappa shape index (κ1) is 10.6. The zero-order chi connectivity index (χ0) is 11.4. The summed E-state index contributed by atoms with van der Waals surface area (Å²) in [5, 5.41) is 0. The second-order valence-electron chi connectivity index (χ2n) is 3.55. The standard InChI is InChI=1S/C13H14N2O/c1-10-4-2-3-5-13(10)16-12-6-7-15-11(8-12)9-14/h2-8H,9,14H2,1H3. The van der Waals surface area contributed by atoms with Crippen molar-refractivity contribution in [3.63, 3.8) is 0 Å². The van der Waals surface area contributed by atoms with Crippen LogP contribution in [0.25, 0.3) is 0 Å². The Labute approximate surface area is 94.9 Å². The molecule has 0 fully saturated rings. The number of aromatic nitrogens is 1. The van der Waals surface area contributed by atoms with Crippen molar-refractivity contribution in [2.45, 2.75) is 13.5 Å². The Kier molecular flexibility index (Phi) is 3.17. The quantitative estimate of drug-likeness (QED) is 0.854. The summed E-state index contributed by atoms with van der Waals surface area (Å²) in [7, 11) is 0. The van der Waals surface area contributed by atoms with Gasteiger partial charge in [0.25, 0.3) is 0 Å². The fourth-order valence-corrected chi connectivity index (χ4v) is 1.43. The highest BCUT2D eigenvalue weighted by atomic mass is 16.5. The average molecular weight is 214 g/mol. The molecule has 1 aromatic carbocycles. The number of benzene rings is 1. The molecule has 2 N–H and O–H groups in total. The second kappa shape index (κ2) is 4.77. The van der Waals surface area contributed by atoms with E-state index in [1.807, 2.05) is 43.3 Å². The molecule has 3 nitrogen and oxygen atoms in total. The monoisotopic (exact) mass is 214 g/mol. The van der Waals surface area contributed by atoms with Crippen LogP contribution in [0.5, 0.6) is 11.5 Å². The van der Waals surface area contributed by atoms with Crippen LogP contribution >= 0.6 is 0 Å². The molecule has 0 aliphatic carbocycles. The van der Waals surface area contributed by atoms with Gasteiger partial charge in [0, 0.05) is 18.8 Å². The Bertz CT molecular complexity index is 483. The van der Waals surface area contributed by atoms with Crippen LogP contribution in [-0.4, -0.2) is 4.98 Å². The third-order valence-electron chi connectivity index (χ3n) is 2.32. The van der Waals surface area contributed by atoms with Crippen LogP contribution in [0.1, 0.15) is 11.3 Å². The van der Waals surface area contributed by atoms with Gasteiger partial charge in [0.2, 0.25) is 0 Å². The maximum Gasteiger partial charge on any atom is 0.130 e. The van der Waals surface area contributed by atoms with E-state index in [0.717, 1.165) is 22.8 Å². The number of nitrogens with zero attached hydrogens (tertiary/aromatic N) is 1. The Hall–Kier alpha value is -1.87. The number of para-hydroxylation sites is 1. The molecule has 0 saturated heterocycles. The predicted octanol–water partition coefficient (Wildman–Crippen LogP) is 2.64. The Balaban J connectivity index is 2.24. The topological polar surface area (TPSA) is 48.1 Å². The summed E-state index contributed by atoms with van der Waals surface area (Å²) in [6.07, 6.45) is 1.70. The minimum atomic E-state index is 0.422. The van der Waals surface area contributed by atoms with Gasteiger partial charge in [-0.1, -0.05) is 18.2 Å². The third-order valence-corrected chi connectivity index (χ3v) is 2.32. The van der Waals surface area contributed by atoms with Crippen molar-refractivity contribution in [1.82, 2.24) is 4.98 Å². The molecule has 0 atom stereocenters. The Morgan fingerprint density at radius 3 is 2.81 bits per heavy atom. The lowest BCUT2D eigenvalue weighted by molar-refractivity contribution is 0.477. The fourth-order valence-electron chi connectivity index (χ4n) is 1.43.